The summed E-state index contributed by atoms with van der Waals surface area (Å²) in [4.78, 5) is 50.6. The Kier molecular flexibility index (Phi) is 11.4. The predicted octanol–water partition coefficient (Wildman–Crippen LogP) is 8.21. The van der Waals surface area contributed by atoms with Crippen LogP contribution in [0.2, 0.25) is 0 Å². The van der Waals surface area contributed by atoms with Crippen LogP contribution in [0.15, 0.2) is 139 Å². The summed E-state index contributed by atoms with van der Waals surface area (Å²) in [6.07, 6.45) is 1.80. The second-order valence-electron chi connectivity index (χ2n) is 12.2. The van der Waals surface area contributed by atoms with Crippen molar-refractivity contribution in [3.05, 3.63) is 177 Å². The van der Waals surface area contributed by atoms with Crippen LogP contribution in [-0.2, 0) is 25.5 Å². The molecule has 0 bridgehead atoms. The van der Waals surface area contributed by atoms with Gasteiger partial charge >= 0.3 is 11.9 Å². The lowest BCUT2D eigenvalue weighted by atomic mass is 9.97. The fraction of sp³-hybridized carbons (Fsp3) is 0.156. The van der Waals surface area contributed by atoms with Gasteiger partial charge in [0.05, 0.1) is 19.8 Å². The third-order valence-corrected chi connectivity index (χ3v) is 8.78. The molecule has 0 aromatic heterocycles. The smallest absolute Gasteiger partial charge is 0.342 e. The summed E-state index contributed by atoms with van der Waals surface area (Å²) in [6.45, 7) is 4.38. The molecule has 0 fully saturated rings. The van der Waals surface area contributed by atoms with Gasteiger partial charge in [0.2, 0.25) is 11.6 Å². The molecule has 0 saturated carbocycles. The lowest BCUT2D eigenvalue weighted by molar-refractivity contribution is -0.138. The number of aromatic hydroxyl groups is 1. The van der Waals surface area contributed by atoms with Crippen molar-refractivity contribution >= 4 is 34.7 Å². The Bertz CT molecular complexity index is 2220. The zero-order chi connectivity index (χ0) is 37.3. The molecule has 0 amide bonds. The Morgan fingerprint density at radius 3 is 1.55 bits per heavy atom. The van der Waals surface area contributed by atoms with E-state index in [0.29, 0.717) is 40.2 Å². The highest BCUT2D eigenvalue weighted by atomic mass is 16.5. The molecule has 0 spiro atoms. The normalized spacial score (nSPS) is 12.9. The van der Waals surface area contributed by atoms with Crippen LogP contribution in [-0.4, -0.2) is 48.4 Å². The molecule has 2 aliphatic carbocycles. The minimum Gasteiger partial charge on any atom is -0.508 e. The summed E-state index contributed by atoms with van der Waals surface area (Å²) < 4.78 is 16.1. The molecule has 0 atom stereocenters. The van der Waals surface area contributed by atoms with Crippen molar-refractivity contribution in [2.75, 3.05) is 19.8 Å². The molecule has 266 valence electrons. The zero-order valence-electron chi connectivity index (χ0n) is 29.5. The van der Waals surface area contributed by atoms with Crippen molar-refractivity contribution in [1.29, 1.82) is 0 Å². The largest absolute Gasteiger partial charge is 0.508 e. The van der Waals surface area contributed by atoms with E-state index in [1.165, 1.54) is 17.7 Å². The van der Waals surface area contributed by atoms with Crippen LogP contribution in [0.3, 0.4) is 0 Å². The average molecular weight is 707 g/mol. The van der Waals surface area contributed by atoms with Gasteiger partial charge in [0.25, 0.3) is 0 Å². The number of hydrogen-bond donors (Lipinski definition) is 1. The number of rotatable bonds is 11. The molecular formula is C45H38O8. The number of carbonyl (C=O) groups is 4. The van der Waals surface area contributed by atoms with E-state index in [-0.39, 0.29) is 35.9 Å². The molecule has 0 aliphatic heterocycles. The summed E-state index contributed by atoms with van der Waals surface area (Å²) >= 11 is 0. The summed E-state index contributed by atoms with van der Waals surface area (Å²) in [7, 11) is 0. The maximum Gasteiger partial charge on any atom is 0.342 e. The van der Waals surface area contributed by atoms with Crippen molar-refractivity contribution in [2.45, 2.75) is 26.7 Å². The number of phenols is 1. The maximum atomic E-state index is 13.1. The fourth-order valence-electron chi connectivity index (χ4n) is 6.44. The van der Waals surface area contributed by atoms with Gasteiger partial charge in [-0.15, -0.1) is 0 Å². The van der Waals surface area contributed by atoms with Crippen molar-refractivity contribution in [2.24, 2.45) is 0 Å². The van der Waals surface area contributed by atoms with Crippen molar-refractivity contribution < 1.29 is 38.5 Å². The number of hydrogen-bond acceptors (Lipinski definition) is 8. The Morgan fingerprint density at radius 1 is 0.566 bits per heavy atom. The standard InChI is InChI=1S/C27H24O4.C18H14O4/c1-2-30-27(29)25-24(20-13-7-4-8-14-20)22-16-15-21(18-23(22)26(25)28)31-17-9-12-19-10-5-3-6-11-19;1-2-22-18(21)16-15(11-6-4-3-5-7-11)13-9-8-12(19)10-14(13)17(16)20/h3-8,10-11,13-16,18H,2,9,12,17H2,1H3;3-10,19H,2H2,1H3. The average Bonchev–Trinajstić information content (AvgIpc) is 3.64. The van der Waals surface area contributed by atoms with E-state index >= 15 is 0 Å². The van der Waals surface area contributed by atoms with E-state index in [1.807, 2.05) is 91.0 Å². The van der Waals surface area contributed by atoms with E-state index in [2.05, 4.69) is 12.1 Å². The number of esters is 2. The SMILES string of the molecule is CCOC(=O)C1=C(c2ccccc2)c2ccc(O)cc2C1=O.CCOC(=O)C1=C(c2ccccc2)c2ccc(OCCCc3ccccc3)cc2C1=O. The molecule has 0 radical (unpaired) electrons. The second-order valence-corrected chi connectivity index (χ2v) is 12.2. The van der Waals surface area contributed by atoms with Crippen LogP contribution in [0.5, 0.6) is 11.5 Å². The van der Waals surface area contributed by atoms with Crippen LogP contribution >= 0.6 is 0 Å². The highest BCUT2D eigenvalue weighted by Crippen LogP contribution is 2.41. The van der Waals surface area contributed by atoms with E-state index in [4.69, 9.17) is 14.2 Å². The first-order valence-corrected chi connectivity index (χ1v) is 17.5. The highest BCUT2D eigenvalue weighted by Gasteiger charge is 2.37. The number of ketones is 2. The molecule has 8 nitrogen and oxygen atoms in total. The van der Waals surface area contributed by atoms with E-state index in [0.717, 1.165) is 29.5 Å². The topological polar surface area (TPSA) is 116 Å². The Balaban J connectivity index is 0.000000192. The minimum atomic E-state index is -0.637. The van der Waals surface area contributed by atoms with Gasteiger partial charge in [-0.1, -0.05) is 91.0 Å². The maximum absolute atomic E-state index is 13.1. The molecule has 5 aromatic rings. The van der Waals surface area contributed by atoms with E-state index < -0.39 is 17.7 Å². The van der Waals surface area contributed by atoms with Gasteiger partial charge in [0.1, 0.15) is 22.6 Å². The summed E-state index contributed by atoms with van der Waals surface area (Å²) in [5.74, 6) is -1.34. The van der Waals surface area contributed by atoms with Crippen LogP contribution in [0, 0.1) is 0 Å². The molecule has 53 heavy (non-hydrogen) atoms. The van der Waals surface area contributed by atoms with Gasteiger partial charge in [-0.25, -0.2) is 9.59 Å². The highest BCUT2D eigenvalue weighted by molar-refractivity contribution is 6.36. The first kappa shape index (κ1) is 36.3. The van der Waals surface area contributed by atoms with Crippen LogP contribution < -0.4 is 4.74 Å². The first-order valence-electron chi connectivity index (χ1n) is 17.5. The summed E-state index contributed by atoms with van der Waals surface area (Å²) in [6, 6.07) is 38.9. The molecule has 2 aliphatic rings. The molecule has 0 heterocycles. The molecule has 1 N–H and O–H groups in total. The van der Waals surface area contributed by atoms with Gasteiger partial charge in [-0.3, -0.25) is 9.59 Å². The Labute approximate surface area is 308 Å². The van der Waals surface area contributed by atoms with Crippen molar-refractivity contribution in [1.82, 2.24) is 0 Å². The first-order chi connectivity index (χ1) is 25.8. The van der Waals surface area contributed by atoms with Gasteiger partial charge in [0.15, 0.2) is 0 Å². The number of fused-ring (bicyclic) bond motifs is 2. The molecule has 5 aromatic carbocycles. The Morgan fingerprint density at radius 2 is 1.04 bits per heavy atom. The number of Topliss-reactive ketones (excluding diaryl/α,β-unsaturated/α-hetero) is 2. The van der Waals surface area contributed by atoms with Gasteiger partial charge in [-0.2, -0.15) is 0 Å². The van der Waals surface area contributed by atoms with Crippen molar-refractivity contribution in [3.8, 4) is 11.5 Å². The third-order valence-electron chi connectivity index (χ3n) is 8.78. The number of phenolic OH excluding ortho intramolecular Hbond substituents is 1. The zero-order valence-corrected chi connectivity index (χ0v) is 29.5. The molecule has 7 rings (SSSR count). The fourth-order valence-corrected chi connectivity index (χ4v) is 6.44. The van der Waals surface area contributed by atoms with Crippen LogP contribution in [0.4, 0.5) is 0 Å². The molecule has 8 heteroatoms. The molecular weight excluding hydrogens is 668 g/mol. The minimum absolute atomic E-state index is 0.00961. The Hall–Kier alpha value is -6.54. The number of aryl methyl sites for hydroxylation is 1. The summed E-state index contributed by atoms with van der Waals surface area (Å²) in [5.41, 5.74) is 6.30. The lowest BCUT2D eigenvalue weighted by Gasteiger charge is -2.10. The van der Waals surface area contributed by atoms with Gasteiger partial charge < -0.3 is 19.3 Å². The monoisotopic (exact) mass is 706 g/mol. The molecule has 0 unspecified atom stereocenters. The van der Waals surface area contributed by atoms with Crippen LogP contribution in [0.25, 0.3) is 11.1 Å². The lowest BCUT2D eigenvalue weighted by Crippen LogP contribution is -2.14. The van der Waals surface area contributed by atoms with Crippen molar-refractivity contribution in [3.63, 3.8) is 0 Å². The molecule has 0 saturated heterocycles. The van der Waals surface area contributed by atoms with Crippen LogP contribution in [0.1, 0.15) is 68.8 Å². The number of ether oxygens (including phenoxy) is 3. The number of benzene rings is 5. The third kappa shape index (κ3) is 7.87. The van der Waals surface area contributed by atoms with Gasteiger partial charge in [-0.05, 0) is 90.9 Å². The number of carbonyl (C=O) groups excluding carboxylic acids is 4. The quantitative estimate of drug-likeness (QED) is 0.0830. The van der Waals surface area contributed by atoms with E-state index in [9.17, 15) is 24.3 Å². The van der Waals surface area contributed by atoms with E-state index in [1.54, 1.807) is 26.0 Å². The second kappa shape index (κ2) is 16.7. The predicted molar refractivity (Wildman–Crippen MR) is 202 cm³/mol. The van der Waals surface area contributed by atoms with Gasteiger partial charge in [0, 0.05) is 22.3 Å². The summed E-state index contributed by atoms with van der Waals surface area (Å²) in [5, 5.41) is 9.61.